The van der Waals surface area contributed by atoms with Crippen LogP contribution in [0.5, 0.6) is 0 Å². The van der Waals surface area contributed by atoms with E-state index in [0.29, 0.717) is 0 Å². The van der Waals surface area contributed by atoms with Crippen molar-refractivity contribution in [2.24, 2.45) is 5.41 Å². The number of anilines is 1. The number of hydrogen-bond acceptors (Lipinski definition) is 3. The zero-order valence-corrected chi connectivity index (χ0v) is 13.8. The number of carbonyl (C=O) groups is 1. The molecule has 5 heteroatoms. The largest absolute Gasteiger partial charge is 0.320 e. The van der Waals surface area contributed by atoms with Crippen LogP contribution in [0.1, 0.15) is 43.2 Å². The highest BCUT2D eigenvalue weighted by molar-refractivity contribution is 6.32. The Bertz CT molecular complexity index is 665. The number of amides is 1. The molecule has 0 aliphatic carbocycles. The highest BCUT2D eigenvalue weighted by Crippen LogP contribution is 2.25. The normalized spacial score (nSPS) is 11.3. The number of nitrogens with one attached hydrogen (secondary N) is 1. The molecule has 0 fully saturated rings. The molecule has 0 spiro atoms. The van der Waals surface area contributed by atoms with Crippen LogP contribution in [-0.2, 0) is 6.42 Å². The van der Waals surface area contributed by atoms with Crippen molar-refractivity contribution in [3.05, 3.63) is 53.1 Å². The van der Waals surface area contributed by atoms with Crippen molar-refractivity contribution in [1.29, 1.82) is 0 Å². The Morgan fingerprint density at radius 3 is 2.55 bits per heavy atom. The van der Waals surface area contributed by atoms with Crippen molar-refractivity contribution in [1.82, 2.24) is 9.97 Å². The third-order valence-electron chi connectivity index (χ3n) is 3.28. The van der Waals surface area contributed by atoms with Crippen molar-refractivity contribution in [2.45, 2.75) is 33.6 Å². The summed E-state index contributed by atoms with van der Waals surface area (Å²) >= 11 is 5.91. The van der Waals surface area contributed by atoms with Gasteiger partial charge in [0.25, 0.3) is 5.91 Å². The quantitative estimate of drug-likeness (QED) is 0.911. The molecule has 1 heterocycles. The van der Waals surface area contributed by atoms with Gasteiger partial charge in [-0.15, -0.1) is 0 Å². The molecule has 0 atom stereocenters. The summed E-state index contributed by atoms with van der Waals surface area (Å²) in [6.07, 6.45) is 4.84. The fourth-order valence-corrected chi connectivity index (χ4v) is 2.22. The van der Waals surface area contributed by atoms with E-state index in [1.807, 2.05) is 24.3 Å². The Balaban J connectivity index is 2.16. The smallest absolute Gasteiger partial charge is 0.277 e. The minimum Gasteiger partial charge on any atom is -0.320 e. The molecule has 0 saturated heterocycles. The van der Waals surface area contributed by atoms with Crippen LogP contribution in [-0.4, -0.2) is 15.9 Å². The van der Waals surface area contributed by atoms with Crippen LogP contribution in [0.3, 0.4) is 0 Å². The average Bonchev–Trinajstić information content (AvgIpc) is 2.46. The molecular weight excluding hydrogens is 298 g/mol. The fraction of sp³-hybridized carbons (Fsp3) is 0.353. The summed E-state index contributed by atoms with van der Waals surface area (Å²) in [5.41, 5.74) is 2.27. The highest BCUT2D eigenvalue weighted by atomic mass is 35.5. The van der Waals surface area contributed by atoms with E-state index >= 15 is 0 Å². The second-order valence-corrected chi connectivity index (χ2v) is 6.73. The molecule has 1 amide bonds. The number of aromatic nitrogens is 2. The Kier molecular flexibility index (Phi) is 5.14. The Labute approximate surface area is 135 Å². The molecule has 0 unspecified atom stereocenters. The van der Waals surface area contributed by atoms with Crippen molar-refractivity contribution >= 4 is 23.2 Å². The zero-order chi connectivity index (χ0) is 16.2. The van der Waals surface area contributed by atoms with Gasteiger partial charge in [0.15, 0.2) is 10.8 Å². The predicted molar refractivity (Wildman–Crippen MR) is 89.2 cm³/mol. The van der Waals surface area contributed by atoms with Crippen LogP contribution in [0.4, 0.5) is 5.69 Å². The third kappa shape index (κ3) is 4.53. The monoisotopic (exact) mass is 317 g/mol. The van der Waals surface area contributed by atoms with Crippen molar-refractivity contribution in [3.8, 4) is 0 Å². The Morgan fingerprint density at radius 2 is 1.86 bits per heavy atom. The lowest BCUT2D eigenvalue weighted by atomic mass is 9.88. The minimum absolute atomic E-state index is 0.104. The first kappa shape index (κ1) is 16.4. The molecular formula is C17H20ClN3O. The zero-order valence-electron chi connectivity index (χ0n) is 13.1. The minimum atomic E-state index is -0.346. The topological polar surface area (TPSA) is 54.9 Å². The number of carbonyl (C=O) groups excluding carboxylic acids is 1. The van der Waals surface area contributed by atoms with Crippen molar-refractivity contribution in [2.75, 3.05) is 5.32 Å². The van der Waals surface area contributed by atoms with Gasteiger partial charge >= 0.3 is 0 Å². The molecule has 1 aromatic heterocycles. The van der Waals surface area contributed by atoms with Crippen LogP contribution in [0.25, 0.3) is 0 Å². The second kappa shape index (κ2) is 6.88. The number of benzene rings is 1. The molecule has 2 rings (SSSR count). The number of rotatable bonds is 4. The average molecular weight is 318 g/mol. The summed E-state index contributed by atoms with van der Waals surface area (Å²) < 4.78 is 0. The van der Waals surface area contributed by atoms with E-state index in [9.17, 15) is 4.79 Å². The maximum absolute atomic E-state index is 12.3. The molecule has 1 aromatic carbocycles. The van der Waals surface area contributed by atoms with Crippen LogP contribution in [0.2, 0.25) is 5.15 Å². The molecule has 22 heavy (non-hydrogen) atoms. The van der Waals surface area contributed by atoms with Gasteiger partial charge in [-0.1, -0.05) is 50.6 Å². The van der Waals surface area contributed by atoms with Gasteiger partial charge in [-0.25, -0.2) is 9.97 Å². The Hall–Kier alpha value is -1.94. The first-order valence-electron chi connectivity index (χ1n) is 7.22. The molecule has 0 bridgehead atoms. The standard InChI is InChI=1S/C17H20ClN3O/c1-17(2,3)9-8-12-6-4-5-7-13(12)21-16(22)14-15(18)20-11-10-19-14/h4-7,10-11H,8-9H2,1-3H3,(H,21,22). The number of para-hydroxylation sites is 1. The van der Waals surface area contributed by atoms with Crippen LogP contribution in [0.15, 0.2) is 36.7 Å². The van der Waals surface area contributed by atoms with E-state index in [2.05, 4.69) is 36.1 Å². The van der Waals surface area contributed by atoms with E-state index in [4.69, 9.17) is 11.6 Å². The van der Waals surface area contributed by atoms with Gasteiger partial charge in [0.05, 0.1) is 0 Å². The molecule has 4 nitrogen and oxygen atoms in total. The number of nitrogens with zero attached hydrogens (tertiary/aromatic N) is 2. The van der Waals surface area contributed by atoms with Gasteiger partial charge < -0.3 is 5.32 Å². The highest BCUT2D eigenvalue weighted by Gasteiger charge is 2.16. The molecule has 116 valence electrons. The Morgan fingerprint density at radius 1 is 1.18 bits per heavy atom. The summed E-state index contributed by atoms with van der Waals surface area (Å²) in [6.45, 7) is 6.61. The molecule has 0 aliphatic rings. The maximum Gasteiger partial charge on any atom is 0.277 e. The number of aryl methyl sites for hydroxylation is 1. The first-order valence-corrected chi connectivity index (χ1v) is 7.60. The van der Waals surface area contributed by atoms with Gasteiger partial charge in [-0.3, -0.25) is 4.79 Å². The summed E-state index contributed by atoms with van der Waals surface area (Å²) in [5.74, 6) is -0.346. The van der Waals surface area contributed by atoms with E-state index in [-0.39, 0.29) is 22.2 Å². The third-order valence-corrected chi connectivity index (χ3v) is 3.56. The van der Waals surface area contributed by atoms with Gasteiger partial charge in [0.2, 0.25) is 0 Å². The predicted octanol–water partition coefficient (Wildman–Crippen LogP) is 4.36. The van der Waals surface area contributed by atoms with Gasteiger partial charge in [-0.2, -0.15) is 0 Å². The molecule has 2 aromatic rings. The maximum atomic E-state index is 12.3. The van der Waals surface area contributed by atoms with E-state index in [1.165, 1.54) is 12.4 Å². The lowest BCUT2D eigenvalue weighted by Gasteiger charge is -2.19. The second-order valence-electron chi connectivity index (χ2n) is 6.37. The lowest BCUT2D eigenvalue weighted by Crippen LogP contribution is -2.16. The molecule has 0 saturated carbocycles. The summed E-state index contributed by atoms with van der Waals surface area (Å²) in [7, 11) is 0. The fourth-order valence-electron chi connectivity index (χ4n) is 2.02. The summed E-state index contributed by atoms with van der Waals surface area (Å²) in [6, 6.07) is 7.79. The number of halogens is 1. The van der Waals surface area contributed by atoms with Gasteiger partial charge in [-0.05, 0) is 29.9 Å². The van der Waals surface area contributed by atoms with Gasteiger partial charge in [0, 0.05) is 18.1 Å². The van der Waals surface area contributed by atoms with Gasteiger partial charge in [0.1, 0.15) is 0 Å². The molecule has 0 radical (unpaired) electrons. The van der Waals surface area contributed by atoms with Crippen molar-refractivity contribution in [3.63, 3.8) is 0 Å². The van der Waals surface area contributed by atoms with E-state index in [0.717, 1.165) is 24.1 Å². The van der Waals surface area contributed by atoms with Crippen LogP contribution >= 0.6 is 11.6 Å². The number of hydrogen-bond donors (Lipinski definition) is 1. The summed E-state index contributed by atoms with van der Waals surface area (Å²) in [5, 5.41) is 2.98. The molecule has 0 aliphatic heterocycles. The van der Waals surface area contributed by atoms with E-state index in [1.54, 1.807) is 0 Å². The first-order chi connectivity index (χ1) is 10.4. The lowest BCUT2D eigenvalue weighted by molar-refractivity contribution is 0.102. The van der Waals surface area contributed by atoms with E-state index < -0.39 is 0 Å². The van der Waals surface area contributed by atoms with Crippen LogP contribution < -0.4 is 5.32 Å². The summed E-state index contributed by atoms with van der Waals surface area (Å²) in [4.78, 5) is 20.1. The SMILES string of the molecule is CC(C)(C)CCc1ccccc1NC(=O)c1nccnc1Cl. The van der Waals surface area contributed by atoms with Crippen molar-refractivity contribution < 1.29 is 4.79 Å². The molecule has 1 N–H and O–H groups in total. The van der Waals surface area contributed by atoms with Crippen LogP contribution in [0, 0.1) is 5.41 Å².